The highest BCUT2D eigenvalue weighted by atomic mass is 16.6. The number of hydrogen-bond donors (Lipinski definition) is 3. The highest BCUT2D eigenvalue weighted by molar-refractivity contribution is 6.06. The predicted molar refractivity (Wildman–Crippen MR) is 304 cm³/mol. The molecule has 2 aromatic carbocycles. The SMILES string of the molecule is CC(C)(C)OC(=O)N(CC#Cc1cccc2c1CN(C1CCC(=O)NC1=O)C2=O)CCOCCOCCOCCN=[N+]=[N-].CC(C)(C)OC(=O)N(CCCc1cccc2c1CN(C1CCC(=O)NC1=O)C2=O)CCOCCOCCOCCN. The topological polar surface area (TPSA) is 322 Å². The maximum Gasteiger partial charge on any atom is 0.411 e. The predicted octanol–water partition coefficient (Wildman–Crippen LogP) is 4.02. The minimum absolute atomic E-state index is 0.0659. The first-order valence-corrected chi connectivity index (χ1v) is 28.3. The Labute approximate surface area is 490 Å². The van der Waals surface area contributed by atoms with Gasteiger partial charge in [0.2, 0.25) is 23.6 Å². The lowest BCUT2D eigenvalue weighted by molar-refractivity contribution is -0.138. The molecule has 0 bridgehead atoms. The number of benzene rings is 2. The van der Waals surface area contributed by atoms with Crippen molar-refractivity contribution in [3.63, 3.8) is 0 Å². The molecule has 26 heteroatoms. The van der Waals surface area contributed by atoms with Gasteiger partial charge in [-0.05, 0) is 108 Å². The molecule has 4 aliphatic rings. The number of rotatable bonds is 30. The molecule has 4 N–H and O–H groups in total. The number of amides is 8. The van der Waals surface area contributed by atoms with Crippen LogP contribution in [0.3, 0.4) is 0 Å². The molecule has 0 aromatic heterocycles. The summed E-state index contributed by atoms with van der Waals surface area (Å²) in [6.07, 6.45) is 1.33. The standard InChI is InChI=1S/C29H38N6O8.C29H44N4O8/c1-29(2,3)43-28(39)34(13-15-41-17-19-42-18-16-40-14-11-31-33-30)12-5-7-21-6-4-8-22-23(21)20-35(27(22)38)24-9-10-25(36)32-26(24)37;1-29(2,3)41-28(37)32(13-15-39-17-19-40-18-16-38-14-11-30)12-5-7-21-6-4-8-22-23(21)20-33(27(22)36)24-9-10-25(34)31-26(24)35/h4,6,8,24H,9-20H2,1-3H3,(H,32,36,37);4,6,8,24H,5,7,9-20,30H2,1-3H3,(H,31,34,35). The first kappa shape index (κ1) is 67.6. The molecule has 4 heterocycles. The van der Waals surface area contributed by atoms with Crippen LogP contribution < -0.4 is 16.4 Å². The van der Waals surface area contributed by atoms with Crippen LogP contribution in [0.4, 0.5) is 9.59 Å². The largest absolute Gasteiger partial charge is 0.444 e. The smallest absolute Gasteiger partial charge is 0.411 e. The molecule has 460 valence electrons. The van der Waals surface area contributed by atoms with E-state index in [1.54, 1.807) is 54.8 Å². The zero-order valence-corrected chi connectivity index (χ0v) is 49.2. The van der Waals surface area contributed by atoms with Gasteiger partial charge in [-0.15, -0.1) is 0 Å². The lowest BCUT2D eigenvalue weighted by atomic mass is 9.99. The molecule has 6 rings (SSSR count). The Morgan fingerprint density at radius 2 is 1.11 bits per heavy atom. The van der Waals surface area contributed by atoms with E-state index in [0.29, 0.717) is 140 Å². The quantitative estimate of drug-likeness (QED) is 0.0248. The number of piperidine rings is 2. The Morgan fingerprint density at radius 3 is 1.62 bits per heavy atom. The molecule has 0 radical (unpaired) electrons. The summed E-state index contributed by atoms with van der Waals surface area (Å²) in [6, 6.07) is 9.43. The van der Waals surface area contributed by atoms with Gasteiger partial charge >= 0.3 is 12.2 Å². The van der Waals surface area contributed by atoms with Crippen molar-refractivity contribution in [2.75, 3.05) is 119 Å². The van der Waals surface area contributed by atoms with Crippen molar-refractivity contribution < 1.29 is 76.3 Å². The highest BCUT2D eigenvalue weighted by Gasteiger charge is 2.41. The van der Waals surface area contributed by atoms with Crippen LogP contribution >= 0.6 is 0 Å². The van der Waals surface area contributed by atoms with Gasteiger partial charge in [0.05, 0.1) is 85.8 Å². The normalized spacial score (nSPS) is 16.6. The van der Waals surface area contributed by atoms with E-state index in [1.165, 1.54) is 9.80 Å². The van der Waals surface area contributed by atoms with E-state index >= 15 is 0 Å². The fraction of sp³-hybridized carbons (Fsp3) is 0.621. The van der Waals surface area contributed by atoms with Crippen molar-refractivity contribution >= 4 is 47.6 Å². The van der Waals surface area contributed by atoms with E-state index in [4.69, 9.17) is 49.2 Å². The molecule has 0 aliphatic carbocycles. The average Bonchev–Trinajstić information content (AvgIpc) is 2.33. The Hall–Kier alpha value is -7.21. The van der Waals surface area contributed by atoms with Crippen molar-refractivity contribution in [2.24, 2.45) is 10.8 Å². The van der Waals surface area contributed by atoms with Gasteiger partial charge in [0, 0.05) is 80.3 Å². The summed E-state index contributed by atoms with van der Waals surface area (Å²) in [5.74, 6) is 4.06. The van der Waals surface area contributed by atoms with E-state index in [9.17, 15) is 38.4 Å². The number of hydrogen-bond acceptors (Lipinski definition) is 18. The number of nitrogens with zero attached hydrogens (tertiary/aromatic N) is 7. The number of nitrogens with one attached hydrogen (secondary N) is 2. The molecule has 2 unspecified atom stereocenters. The number of ether oxygens (including phenoxy) is 8. The minimum Gasteiger partial charge on any atom is -0.444 e. The molecule has 0 spiro atoms. The molecular weight excluding hydrogens is 1090 g/mol. The van der Waals surface area contributed by atoms with Crippen molar-refractivity contribution in [1.82, 2.24) is 30.2 Å². The summed E-state index contributed by atoms with van der Waals surface area (Å²) >= 11 is 0. The number of fused-ring (bicyclic) bond motifs is 2. The van der Waals surface area contributed by atoms with Crippen molar-refractivity contribution in [3.8, 4) is 11.8 Å². The second-order valence-electron chi connectivity index (χ2n) is 21.8. The van der Waals surface area contributed by atoms with Gasteiger partial charge in [-0.1, -0.05) is 35.2 Å². The van der Waals surface area contributed by atoms with E-state index in [1.807, 2.05) is 32.9 Å². The van der Waals surface area contributed by atoms with Crippen LogP contribution in [0.25, 0.3) is 10.4 Å². The van der Waals surface area contributed by atoms with Crippen LogP contribution in [0.2, 0.25) is 0 Å². The number of aryl methyl sites for hydroxylation is 1. The lowest BCUT2D eigenvalue weighted by Crippen LogP contribution is -2.52. The summed E-state index contributed by atoms with van der Waals surface area (Å²) in [5.41, 5.74) is 16.5. The summed E-state index contributed by atoms with van der Waals surface area (Å²) in [5, 5.41) is 8.01. The van der Waals surface area contributed by atoms with Crippen LogP contribution in [0.1, 0.15) is 117 Å². The molecule has 26 nitrogen and oxygen atoms in total. The molecule has 2 saturated heterocycles. The fourth-order valence-electron chi connectivity index (χ4n) is 9.13. The van der Waals surface area contributed by atoms with Crippen LogP contribution in [0, 0.1) is 11.8 Å². The van der Waals surface area contributed by atoms with E-state index in [0.717, 1.165) is 11.1 Å². The van der Waals surface area contributed by atoms with Crippen LogP contribution in [-0.4, -0.2) is 209 Å². The molecule has 2 aromatic rings. The molecule has 84 heavy (non-hydrogen) atoms. The Kier molecular flexibility index (Phi) is 27.8. The Balaban J connectivity index is 0.000000308. The van der Waals surface area contributed by atoms with Gasteiger partial charge in [0.1, 0.15) is 23.3 Å². The molecule has 2 atom stereocenters. The third kappa shape index (κ3) is 22.4. The highest BCUT2D eigenvalue weighted by Crippen LogP contribution is 2.32. The second-order valence-corrected chi connectivity index (χ2v) is 21.8. The van der Waals surface area contributed by atoms with Crippen LogP contribution in [0.5, 0.6) is 0 Å². The van der Waals surface area contributed by atoms with Crippen LogP contribution in [0.15, 0.2) is 41.5 Å². The van der Waals surface area contributed by atoms with Gasteiger partial charge in [0.25, 0.3) is 11.8 Å². The summed E-state index contributed by atoms with van der Waals surface area (Å²) in [4.78, 5) is 109. The van der Waals surface area contributed by atoms with Crippen molar-refractivity contribution in [2.45, 2.75) is 116 Å². The summed E-state index contributed by atoms with van der Waals surface area (Å²) < 4.78 is 43.8. The zero-order valence-electron chi connectivity index (χ0n) is 49.2. The number of carbonyl (C=O) groups excluding carboxylic acids is 8. The first-order chi connectivity index (χ1) is 40.2. The minimum atomic E-state index is -0.713. The lowest BCUT2D eigenvalue weighted by Gasteiger charge is -2.29. The number of azide groups is 1. The number of nitrogens with two attached hydrogens (primary N) is 1. The summed E-state index contributed by atoms with van der Waals surface area (Å²) in [7, 11) is 0. The van der Waals surface area contributed by atoms with Gasteiger partial charge in [0.15, 0.2) is 0 Å². The van der Waals surface area contributed by atoms with E-state index in [2.05, 4.69) is 32.5 Å². The monoisotopic (exact) mass is 1170 g/mol. The fourth-order valence-corrected chi connectivity index (χ4v) is 9.13. The Bertz CT molecular complexity index is 2690. The number of carbonyl (C=O) groups is 8. The first-order valence-electron chi connectivity index (χ1n) is 28.3. The van der Waals surface area contributed by atoms with Gasteiger partial charge < -0.3 is 58.3 Å². The van der Waals surface area contributed by atoms with Gasteiger partial charge in [-0.3, -0.25) is 44.3 Å². The third-order valence-corrected chi connectivity index (χ3v) is 13.1. The van der Waals surface area contributed by atoms with Crippen molar-refractivity contribution in [3.05, 3.63) is 80.2 Å². The third-order valence-electron chi connectivity index (χ3n) is 13.1. The summed E-state index contributed by atoms with van der Waals surface area (Å²) in [6.45, 7) is 17.8. The molecule has 4 aliphatic heterocycles. The van der Waals surface area contributed by atoms with Crippen LogP contribution in [-0.2, 0) is 76.6 Å². The van der Waals surface area contributed by atoms with Crippen molar-refractivity contribution in [1.29, 1.82) is 0 Å². The second kappa shape index (κ2) is 34.5. The maximum absolute atomic E-state index is 13.1. The molecule has 2 fully saturated rings. The Morgan fingerprint density at radius 1 is 0.643 bits per heavy atom. The maximum atomic E-state index is 13.1. The molecule has 8 amide bonds. The van der Waals surface area contributed by atoms with E-state index < -0.39 is 47.3 Å². The average molecular weight is 1180 g/mol. The zero-order chi connectivity index (χ0) is 61.1. The number of imide groups is 2. The van der Waals surface area contributed by atoms with Gasteiger partial charge in [-0.2, -0.15) is 0 Å². The molecular formula is C58H82N10O16. The van der Waals surface area contributed by atoms with Gasteiger partial charge in [-0.25, -0.2) is 9.59 Å². The van der Waals surface area contributed by atoms with E-state index in [-0.39, 0.29) is 75.7 Å². The molecule has 0 saturated carbocycles.